The summed E-state index contributed by atoms with van der Waals surface area (Å²) in [6.45, 7) is 4.45. The molecule has 3 heteroatoms. The van der Waals surface area contributed by atoms with Gasteiger partial charge in [0.05, 0.1) is 0 Å². The van der Waals surface area contributed by atoms with Crippen LogP contribution in [0.2, 0.25) is 0 Å². The van der Waals surface area contributed by atoms with Crippen molar-refractivity contribution in [3.8, 4) is 5.75 Å². The maximum absolute atomic E-state index is 9.25. The van der Waals surface area contributed by atoms with E-state index in [4.69, 9.17) is 10.5 Å². The van der Waals surface area contributed by atoms with E-state index in [1.165, 1.54) is 0 Å². The van der Waals surface area contributed by atoms with Crippen LogP contribution in [-0.2, 0) is 0 Å². The van der Waals surface area contributed by atoms with Crippen molar-refractivity contribution in [1.82, 2.24) is 0 Å². The van der Waals surface area contributed by atoms with Gasteiger partial charge in [-0.2, -0.15) is 0 Å². The van der Waals surface area contributed by atoms with E-state index in [0.29, 0.717) is 0 Å². The van der Waals surface area contributed by atoms with Gasteiger partial charge in [0.15, 0.2) is 0 Å². The monoisotopic (exact) mass is 195 g/mol. The molecule has 1 aromatic carbocycles. The molecule has 78 valence electrons. The maximum atomic E-state index is 9.25. The van der Waals surface area contributed by atoms with Gasteiger partial charge < -0.3 is 15.6 Å². The lowest BCUT2D eigenvalue weighted by atomic mass is 10.1. The minimum Gasteiger partial charge on any atom is -0.490 e. The molecule has 0 amide bonds. The number of benzene rings is 1. The Hall–Kier alpha value is -1.06. The van der Waals surface area contributed by atoms with Crippen molar-refractivity contribution in [3.63, 3.8) is 0 Å². The fourth-order valence-corrected chi connectivity index (χ4v) is 1.27. The molecule has 0 saturated heterocycles. The SMILES string of the molecule is Cc1cccc(C)c1OC[C@@H](O)CN. The van der Waals surface area contributed by atoms with E-state index in [1.54, 1.807) is 0 Å². The summed E-state index contributed by atoms with van der Waals surface area (Å²) in [5.41, 5.74) is 7.44. The lowest BCUT2D eigenvalue weighted by Crippen LogP contribution is -2.26. The minimum absolute atomic E-state index is 0.227. The van der Waals surface area contributed by atoms with E-state index in [1.807, 2.05) is 32.0 Å². The molecule has 0 heterocycles. The van der Waals surface area contributed by atoms with E-state index in [2.05, 4.69) is 0 Å². The second-order valence-corrected chi connectivity index (χ2v) is 3.42. The van der Waals surface area contributed by atoms with E-state index in [0.717, 1.165) is 16.9 Å². The van der Waals surface area contributed by atoms with Crippen LogP contribution in [0.25, 0.3) is 0 Å². The van der Waals surface area contributed by atoms with Crippen LogP contribution in [0.4, 0.5) is 0 Å². The van der Waals surface area contributed by atoms with Gasteiger partial charge in [-0.1, -0.05) is 18.2 Å². The smallest absolute Gasteiger partial charge is 0.125 e. The standard InChI is InChI=1S/C11H17NO2/c1-8-4-3-5-9(2)11(8)14-7-10(13)6-12/h3-5,10,13H,6-7,12H2,1-2H3/t10-/m0/s1. The number of aryl methyl sites for hydroxylation is 2. The molecule has 0 aliphatic rings. The molecule has 0 spiro atoms. The molecular formula is C11H17NO2. The normalized spacial score (nSPS) is 12.6. The summed E-state index contributed by atoms with van der Waals surface area (Å²) in [7, 11) is 0. The van der Waals surface area contributed by atoms with Gasteiger partial charge in [0.25, 0.3) is 0 Å². The third-order valence-corrected chi connectivity index (χ3v) is 2.10. The molecule has 0 aromatic heterocycles. The molecule has 3 N–H and O–H groups in total. The average molecular weight is 195 g/mol. The lowest BCUT2D eigenvalue weighted by Gasteiger charge is -2.14. The molecule has 0 aliphatic carbocycles. The van der Waals surface area contributed by atoms with Gasteiger partial charge in [0.1, 0.15) is 18.5 Å². The Kier molecular flexibility index (Phi) is 3.92. The Morgan fingerprint density at radius 1 is 1.36 bits per heavy atom. The highest BCUT2D eigenvalue weighted by molar-refractivity contribution is 5.39. The van der Waals surface area contributed by atoms with Gasteiger partial charge in [0.2, 0.25) is 0 Å². The molecule has 1 aromatic rings. The van der Waals surface area contributed by atoms with Gasteiger partial charge >= 0.3 is 0 Å². The molecule has 1 atom stereocenters. The third-order valence-electron chi connectivity index (χ3n) is 2.10. The first-order valence-electron chi connectivity index (χ1n) is 4.72. The zero-order valence-electron chi connectivity index (χ0n) is 8.66. The Balaban J connectivity index is 2.66. The highest BCUT2D eigenvalue weighted by Gasteiger charge is 2.06. The molecule has 0 aliphatic heterocycles. The van der Waals surface area contributed by atoms with E-state index in [9.17, 15) is 5.11 Å². The average Bonchev–Trinajstić information content (AvgIpc) is 2.16. The molecule has 0 unspecified atom stereocenters. The van der Waals surface area contributed by atoms with Crippen molar-refractivity contribution < 1.29 is 9.84 Å². The van der Waals surface area contributed by atoms with E-state index >= 15 is 0 Å². The number of ether oxygens (including phenoxy) is 1. The minimum atomic E-state index is -0.589. The highest BCUT2D eigenvalue weighted by Crippen LogP contribution is 2.22. The van der Waals surface area contributed by atoms with Crippen molar-refractivity contribution in [1.29, 1.82) is 0 Å². The fraction of sp³-hybridized carbons (Fsp3) is 0.455. The van der Waals surface area contributed by atoms with Gasteiger partial charge in [-0.3, -0.25) is 0 Å². The molecule has 0 fully saturated rings. The second kappa shape index (κ2) is 4.98. The molecule has 14 heavy (non-hydrogen) atoms. The Morgan fingerprint density at radius 3 is 2.43 bits per heavy atom. The fourth-order valence-electron chi connectivity index (χ4n) is 1.27. The van der Waals surface area contributed by atoms with Crippen LogP contribution in [-0.4, -0.2) is 24.4 Å². The first-order valence-corrected chi connectivity index (χ1v) is 4.72. The van der Waals surface area contributed by atoms with Crippen molar-refractivity contribution in [3.05, 3.63) is 29.3 Å². The van der Waals surface area contributed by atoms with Crippen LogP contribution in [0.3, 0.4) is 0 Å². The zero-order chi connectivity index (χ0) is 10.6. The van der Waals surface area contributed by atoms with Gasteiger partial charge in [-0.15, -0.1) is 0 Å². The van der Waals surface area contributed by atoms with Crippen LogP contribution in [0, 0.1) is 13.8 Å². The number of aliphatic hydroxyl groups excluding tert-OH is 1. The van der Waals surface area contributed by atoms with E-state index in [-0.39, 0.29) is 13.2 Å². The third kappa shape index (κ3) is 2.72. The number of rotatable bonds is 4. The van der Waals surface area contributed by atoms with Crippen LogP contribution in [0.15, 0.2) is 18.2 Å². The van der Waals surface area contributed by atoms with Crippen molar-refractivity contribution >= 4 is 0 Å². The van der Waals surface area contributed by atoms with Crippen LogP contribution in [0.1, 0.15) is 11.1 Å². The van der Waals surface area contributed by atoms with Gasteiger partial charge in [-0.25, -0.2) is 0 Å². The summed E-state index contributed by atoms with van der Waals surface area (Å²) >= 11 is 0. The molecule has 3 nitrogen and oxygen atoms in total. The highest BCUT2D eigenvalue weighted by atomic mass is 16.5. The second-order valence-electron chi connectivity index (χ2n) is 3.42. The zero-order valence-corrected chi connectivity index (χ0v) is 8.66. The number of para-hydroxylation sites is 1. The van der Waals surface area contributed by atoms with Gasteiger partial charge in [0, 0.05) is 6.54 Å². The quantitative estimate of drug-likeness (QED) is 0.753. The number of nitrogens with two attached hydrogens (primary N) is 1. The predicted octanol–water partition coefficient (Wildman–Crippen LogP) is 1.00. The van der Waals surface area contributed by atoms with Crippen molar-refractivity contribution in [2.75, 3.05) is 13.2 Å². The number of hydrogen-bond donors (Lipinski definition) is 2. The van der Waals surface area contributed by atoms with E-state index < -0.39 is 6.10 Å². The number of hydrogen-bond acceptors (Lipinski definition) is 3. The number of aliphatic hydroxyl groups is 1. The summed E-state index contributed by atoms with van der Waals surface area (Å²) in [5.74, 6) is 0.847. The molecule has 0 radical (unpaired) electrons. The summed E-state index contributed by atoms with van der Waals surface area (Å²) in [6, 6.07) is 5.95. The van der Waals surface area contributed by atoms with Crippen molar-refractivity contribution in [2.45, 2.75) is 20.0 Å². The summed E-state index contributed by atoms with van der Waals surface area (Å²) in [5, 5.41) is 9.25. The Bertz CT molecular complexity index is 279. The predicted molar refractivity (Wildman–Crippen MR) is 56.5 cm³/mol. The Morgan fingerprint density at radius 2 is 1.93 bits per heavy atom. The molecule has 0 saturated carbocycles. The first kappa shape index (κ1) is 11.0. The molecular weight excluding hydrogens is 178 g/mol. The first-order chi connectivity index (χ1) is 6.65. The molecule has 1 rings (SSSR count). The summed E-state index contributed by atoms with van der Waals surface area (Å²) in [6.07, 6.45) is -0.589. The van der Waals surface area contributed by atoms with Crippen LogP contribution < -0.4 is 10.5 Å². The topological polar surface area (TPSA) is 55.5 Å². The molecule has 0 bridgehead atoms. The summed E-state index contributed by atoms with van der Waals surface area (Å²) in [4.78, 5) is 0. The summed E-state index contributed by atoms with van der Waals surface area (Å²) < 4.78 is 5.49. The lowest BCUT2D eigenvalue weighted by molar-refractivity contribution is 0.113. The maximum Gasteiger partial charge on any atom is 0.125 e. The van der Waals surface area contributed by atoms with Crippen LogP contribution in [0.5, 0.6) is 5.75 Å². The van der Waals surface area contributed by atoms with Crippen molar-refractivity contribution in [2.24, 2.45) is 5.73 Å². The van der Waals surface area contributed by atoms with Crippen LogP contribution >= 0.6 is 0 Å². The largest absolute Gasteiger partial charge is 0.490 e. The Labute approximate surface area is 84.5 Å². The van der Waals surface area contributed by atoms with Gasteiger partial charge in [-0.05, 0) is 25.0 Å².